The SMILES string of the molecule is CC(C)C(=O)C1CCCN1.NC(=O)[C@@H]1CCCN1.O=C(O)c1cccc(C(=O)O)c1. The van der Waals surface area contributed by atoms with Crippen LogP contribution in [-0.2, 0) is 9.59 Å². The summed E-state index contributed by atoms with van der Waals surface area (Å²) < 4.78 is 0. The molecule has 0 bridgehead atoms. The summed E-state index contributed by atoms with van der Waals surface area (Å²) in [5.41, 5.74) is 4.96. The molecule has 9 heteroatoms. The highest BCUT2D eigenvalue weighted by Gasteiger charge is 2.23. The Kier molecular flexibility index (Phi) is 10.7. The zero-order valence-corrected chi connectivity index (χ0v) is 17.4. The summed E-state index contributed by atoms with van der Waals surface area (Å²) in [5, 5.41) is 23.2. The van der Waals surface area contributed by atoms with Crippen LogP contribution >= 0.6 is 0 Å². The maximum Gasteiger partial charge on any atom is 0.335 e. The highest BCUT2D eigenvalue weighted by molar-refractivity contribution is 5.93. The Morgan fingerprint density at radius 1 is 0.933 bits per heavy atom. The second-order valence-electron chi connectivity index (χ2n) is 7.45. The highest BCUT2D eigenvalue weighted by Crippen LogP contribution is 2.10. The second-order valence-corrected chi connectivity index (χ2v) is 7.45. The van der Waals surface area contributed by atoms with Gasteiger partial charge in [0.2, 0.25) is 5.91 Å². The van der Waals surface area contributed by atoms with Gasteiger partial charge < -0.3 is 26.6 Å². The van der Waals surface area contributed by atoms with Gasteiger partial charge in [-0.25, -0.2) is 9.59 Å². The molecule has 1 unspecified atom stereocenters. The first kappa shape index (κ1) is 25.3. The number of benzene rings is 1. The van der Waals surface area contributed by atoms with Crippen LogP contribution < -0.4 is 16.4 Å². The van der Waals surface area contributed by atoms with Crippen LogP contribution in [0.15, 0.2) is 24.3 Å². The molecule has 166 valence electrons. The molecule has 2 saturated heterocycles. The van der Waals surface area contributed by atoms with E-state index in [1.807, 2.05) is 13.8 Å². The first-order valence-electron chi connectivity index (χ1n) is 10.00. The first-order chi connectivity index (χ1) is 14.1. The molecule has 1 aromatic carbocycles. The van der Waals surface area contributed by atoms with Gasteiger partial charge in [-0.05, 0) is 57.0 Å². The van der Waals surface area contributed by atoms with Gasteiger partial charge >= 0.3 is 11.9 Å². The van der Waals surface area contributed by atoms with E-state index in [0.29, 0.717) is 5.78 Å². The number of rotatable bonds is 5. The molecule has 1 amide bonds. The van der Waals surface area contributed by atoms with Crippen molar-refractivity contribution in [2.45, 2.75) is 51.6 Å². The predicted octanol–water partition coefficient (Wildman–Crippen LogP) is 1.27. The minimum atomic E-state index is -1.13. The molecular formula is C21H31N3O6. The number of carbonyl (C=O) groups is 4. The average Bonchev–Trinajstić information content (AvgIpc) is 3.42. The highest BCUT2D eigenvalue weighted by atomic mass is 16.4. The molecule has 1 aromatic rings. The van der Waals surface area contributed by atoms with Gasteiger partial charge in [0.1, 0.15) is 0 Å². The average molecular weight is 421 g/mol. The number of nitrogens with two attached hydrogens (primary N) is 1. The van der Waals surface area contributed by atoms with Gasteiger partial charge in [0, 0.05) is 5.92 Å². The van der Waals surface area contributed by atoms with Crippen LogP contribution in [0.25, 0.3) is 0 Å². The number of aromatic carboxylic acids is 2. The van der Waals surface area contributed by atoms with E-state index in [4.69, 9.17) is 15.9 Å². The summed E-state index contributed by atoms with van der Waals surface area (Å²) in [6, 6.07) is 5.32. The molecule has 3 rings (SSSR count). The van der Waals surface area contributed by atoms with Gasteiger partial charge in [-0.1, -0.05) is 19.9 Å². The zero-order valence-electron chi connectivity index (χ0n) is 17.4. The third-order valence-electron chi connectivity index (χ3n) is 4.73. The van der Waals surface area contributed by atoms with Gasteiger partial charge in [0.25, 0.3) is 0 Å². The molecule has 9 nitrogen and oxygen atoms in total. The fourth-order valence-electron chi connectivity index (χ4n) is 3.04. The third-order valence-corrected chi connectivity index (χ3v) is 4.73. The number of carboxylic acids is 2. The molecule has 2 atom stereocenters. The molecule has 2 aliphatic rings. The fraction of sp³-hybridized carbons (Fsp3) is 0.524. The summed E-state index contributed by atoms with van der Waals surface area (Å²) >= 11 is 0. The molecule has 0 aromatic heterocycles. The molecule has 0 radical (unpaired) electrons. The number of carbonyl (C=O) groups excluding carboxylic acids is 2. The third kappa shape index (κ3) is 8.71. The minimum absolute atomic E-state index is 0.0186. The molecule has 0 aliphatic carbocycles. The monoisotopic (exact) mass is 421 g/mol. The molecule has 6 N–H and O–H groups in total. The van der Waals surface area contributed by atoms with E-state index in [2.05, 4.69) is 10.6 Å². The second kappa shape index (κ2) is 12.7. The molecule has 0 saturated carbocycles. The predicted molar refractivity (Wildman–Crippen MR) is 111 cm³/mol. The Hall–Kier alpha value is -2.78. The Morgan fingerprint density at radius 3 is 1.70 bits per heavy atom. The lowest BCUT2D eigenvalue weighted by molar-refractivity contribution is -0.123. The summed E-state index contributed by atoms with van der Waals surface area (Å²) in [7, 11) is 0. The largest absolute Gasteiger partial charge is 0.478 e. The lowest BCUT2D eigenvalue weighted by Crippen LogP contribution is -2.36. The molecule has 2 heterocycles. The maximum absolute atomic E-state index is 11.3. The Labute approximate surface area is 176 Å². The van der Waals surface area contributed by atoms with E-state index in [1.54, 1.807) is 0 Å². The van der Waals surface area contributed by atoms with Gasteiger partial charge in [-0.2, -0.15) is 0 Å². The normalized spacial score (nSPS) is 19.8. The van der Waals surface area contributed by atoms with Gasteiger partial charge in [-0.15, -0.1) is 0 Å². The topological polar surface area (TPSA) is 159 Å². The van der Waals surface area contributed by atoms with E-state index < -0.39 is 11.9 Å². The molecule has 2 aliphatic heterocycles. The van der Waals surface area contributed by atoms with Crippen molar-refractivity contribution in [1.29, 1.82) is 0 Å². The Morgan fingerprint density at radius 2 is 1.40 bits per heavy atom. The van der Waals surface area contributed by atoms with Crippen molar-refractivity contribution in [2.75, 3.05) is 13.1 Å². The van der Waals surface area contributed by atoms with Crippen LogP contribution in [-0.4, -0.2) is 59.0 Å². The summed E-state index contributed by atoms with van der Waals surface area (Å²) in [6.45, 7) is 5.88. The van der Waals surface area contributed by atoms with Crippen LogP contribution in [0.1, 0.15) is 60.2 Å². The smallest absolute Gasteiger partial charge is 0.335 e. The fourth-order valence-corrected chi connectivity index (χ4v) is 3.04. The number of amides is 1. The van der Waals surface area contributed by atoms with Crippen molar-refractivity contribution in [3.63, 3.8) is 0 Å². The Bertz CT molecular complexity index is 709. The lowest BCUT2D eigenvalue weighted by atomic mass is 10.0. The molecular weight excluding hydrogens is 390 g/mol. The van der Waals surface area contributed by atoms with E-state index >= 15 is 0 Å². The number of primary amides is 1. The van der Waals surface area contributed by atoms with E-state index in [9.17, 15) is 19.2 Å². The van der Waals surface area contributed by atoms with Crippen LogP contribution in [0.3, 0.4) is 0 Å². The first-order valence-corrected chi connectivity index (χ1v) is 10.00. The standard InChI is InChI=1S/C8H15NO.C8H6O4.C5H10N2O/c1-6(2)8(10)7-4-3-5-9-7;9-7(10)5-2-1-3-6(4-5)8(11)12;6-5(8)4-2-1-3-7-4/h6-7,9H,3-5H2,1-2H3;1-4H,(H,9,10)(H,11,12);4,7H,1-3H2,(H2,6,8)/t;;4-/m..0/s1. The van der Waals surface area contributed by atoms with Crippen molar-refractivity contribution >= 4 is 23.6 Å². The van der Waals surface area contributed by atoms with E-state index in [-0.39, 0.29) is 35.0 Å². The maximum atomic E-state index is 11.3. The lowest BCUT2D eigenvalue weighted by Gasteiger charge is -2.10. The zero-order chi connectivity index (χ0) is 22.7. The van der Waals surface area contributed by atoms with Crippen LogP contribution in [0.2, 0.25) is 0 Å². The van der Waals surface area contributed by atoms with E-state index in [0.717, 1.165) is 44.8 Å². The number of ketones is 1. The van der Waals surface area contributed by atoms with Crippen molar-refractivity contribution in [3.8, 4) is 0 Å². The summed E-state index contributed by atoms with van der Waals surface area (Å²) in [5.74, 6) is -1.91. The summed E-state index contributed by atoms with van der Waals surface area (Å²) in [6.07, 6.45) is 4.18. The van der Waals surface area contributed by atoms with Crippen molar-refractivity contribution in [2.24, 2.45) is 11.7 Å². The van der Waals surface area contributed by atoms with Gasteiger partial charge in [0.05, 0.1) is 23.2 Å². The van der Waals surface area contributed by atoms with Crippen LogP contribution in [0, 0.1) is 5.92 Å². The van der Waals surface area contributed by atoms with Crippen LogP contribution in [0.5, 0.6) is 0 Å². The van der Waals surface area contributed by atoms with E-state index in [1.165, 1.54) is 18.2 Å². The van der Waals surface area contributed by atoms with Gasteiger partial charge in [-0.3, -0.25) is 9.59 Å². The quantitative estimate of drug-likeness (QED) is 0.475. The van der Waals surface area contributed by atoms with Crippen molar-refractivity contribution in [1.82, 2.24) is 10.6 Å². The number of nitrogens with one attached hydrogen (secondary N) is 2. The molecule has 2 fully saturated rings. The number of Topliss-reactive ketones (excluding diaryl/α,β-unsaturated/α-hetero) is 1. The number of carboxylic acid groups (broad SMARTS) is 2. The number of hydrogen-bond acceptors (Lipinski definition) is 6. The van der Waals surface area contributed by atoms with Crippen molar-refractivity contribution < 1.29 is 29.4 Å². The minimum Gasteiger partial charge on any atom is -0.478 e. The van der Waals surface area contributed by atoms with Crippen molar-refractivity contribution in [3.05, 3.63) is 35.4 Å². The van der Waals surface area contributed by atoms with Crippen LogP contribution in [0.4, 0.5) is 0 Å². The van der Waals surface area contributed by atoms with Gasteiger partial charge in [0.15, 0.2) is 5.78 Å². The summed E-state index contributed by atoms with van der Waals surface area (Å²) in [4.78, 5) is 42.4. The number of hydrogen-bond donors (Lipinski definition) is 5. The molecule has 30 heavy (non-hydrogen) atoms. The Balaban J connectivity index is 0.000000230. The molecule has 0 spiro atoms.